The highest BCUT2D eigenvalue weighted by molar-refractivity contribution is 6.06. The zero-order valence-electron chi connectivity index (χ0n) is 16.8. The molecule has 0 bridgehead atoms. The fraction of sp³-hybridized carbons (Fsp3) is 0.667. The fourth-order valence-electron chi connectivity index (χ4n) is 4.33. The third-order valence-electron chi connectivity index (χ3n) is 5.97. The topological polar surface area (TPSA) is 116 Å². The molecule has 5 atom stereocenters. The Hall–Kier alpha value is -1.35. The summed E-state index contributed by atoms with van der Waals surface area (Å²) in [6.07, 6.45) is -5.17. The summed E-state index contributed by atoms with van der Waals surface area (Å²) in [6, 6.07) is 2.07. The van der Waals surface area contributed by atoms with Gasteiger partial charge < -0.3 is 29.9 Å². The number of hydrogen-bond acceptors (Lipinski definition) is 7. The Balaban J connectivity index is 1.71. The zero-order chi connectivity index (χ0) is 20.8. The summed E-state index contributed by atoms with van der Waals surface area (Å²) >= 11 is 0. The second kappa shape index (κ2) is 7.82. The lowest BCUT2D eigenvalue weighted by Crippen LogP contribution is -2.59. The first-order valence-electron chi connectivity index (χ1n) is 9.67. The SMILES string of the molecule is Cc1cc2c(c(C)c1CCO[C@@H]1O[C@H](CO)[C@@H](O)[C@H](O)[C@H]1O)C(=O)C(C)(C)C2. The molecule has 1 aliphatic heterocycles. The molecule has 3 rings (SSSR count). The normalized spacial score (nSPS) is 31.9. The highest BCUT2D eigenvalue weighted by Crippen LogP contribution is 2.39. The van der Waals surface area contributed by atoms with Crippen LogP contribution in [-0.2, 0) is 22.3 Å². The molecule has 2 aliphatic rings. The molecule has 156 valence electrons. The summed E-state index contributed by atoms with van der Waals surface area (Å²) in [5, 5.41) is 39.0. The predicted octanol–water partition coefficient (Wildman–Crippen LogP) is 0.427. The first-order chi connectivity index (χ1) is 13.1. The monoisotopic (exact) mass is 394 g/mol. The molecule has 1 heterocycles. The molecule has 0 saturated carbocycles. The third kappa shape index (κ3) is 3.63. The maximum atomic E-state index is 12.7. The van der Waals surface area contributed by atoms with Gasteiger partial charge in [0.25, 0.3) is 0 Å². The molecular formula is C21H30O7. The number of ketones is 1. The second-order valence-electron chi connectivity index (χ2n) is 8.54. The van der Waals surface area contributed by atoms with E-state index in [9.17, 15) is 25.2 Å². The van der Waals surface area contributed by atoms with Crippen molar-refractivity contribution in [2.24, 2.45) is 5.41 Å². The van der Waals surface area contributed by atoms with Crippen LogP contribution in [0.4, 0.5) is 0 Å². The molecule has 0 spiro atoms. The van der Waals surface area contributed by atoms with Crippen LogP contribution in [-0.4, -0.2) is 70.1 Å². The average Bonchev–Trinajstić information content (AvgIpc) is 2.86. The van der Waals surface area contributed by atoms with Crippen LogP contribution in [0.15, 0.2) is 6.07 Å². The maximum Gasteiger partial charge on any atom is 0.186 e. The smallest absolute Gasteiger partial charge is 0.186 e. The first-order valence-corrected chi connectivity index (χ1v) is 9.67. The van der Waals surface area contributed by atoms with E-state index in [4.69, 9.17) is 9.47 Å². The third-order valence-corrected chi connectivity index (χ3v) is 5.97. The van der Waals surface area contributed by atoms with E-state index in [0.717, 1.165) is 34.2 Å². The lowest BCUT2D eigenvalue weighted by atomic mass is 9.88. The fourth-order valence-corrected chi connectivity index (χ4v) is 4.33. The van der Waals surface area contributed by atoms with Gasteiger partial charge in [0.1, 0.15) is 24.4 Å². The van der Waals surface area contributed by atoms with Crippen LogP contribution >= 0.6 is 0 Å². The molecule has 0 amide bonds. The van der Waals surface area contributed by atoms with Gasteiger partial charge in [0, 0.05) is 11.0 Å². The molecule has 1 fully saturated rings. The Morgan fingerprint density at radius 3 is 2.50 bits per heavy atom. The van der Waals surface area contributed by atoms with Crippen LogP contribution in [0.1, 0.15) is 46.5 Å². The molecule has 7 nitrogen and oxygen atoms in total. The van der Waals surface area contributed by atoms with Gasteiger partial charge in [-0.05, 0) is 48.9 Å². The molecule has 7 heteroatoms. The number of rotatable bonds is 5. The van der Waals surface area contributed by atoms with Crippen molar-refractivity contribution in [3.8, 4) is 0 Å². The molecule has 0 radical (unpaired) electrons. The van der Waals surface area contributed by atoms with Crippen LogP contribution in [0.25, 0.3) is 0 Å². The number of fused-ring (bicyclic) bond motifs is 1. The van der Waals surface area contributed by atoms with E-state index < -0.39 is 37.3 Å². The zero-order valence-corrected chi connectivity index (χ0v) is 16.8. The predicted molar refractivity (Wildman–Crippen MR) is 101 cm³/mol. The van der Waals surface area contributed by atoms with Crippen molar-refractivity contribution in [1.29, 1.82) is 0 Å². The van der Waals surface area contributed by atoms with Gasteiger partial charge in [-0.1, -0.05) is 19.9 Å². The van der Waals surface area contributed by atoms with Gasteiger partial charge in [-0.3, -0.25) is 4.79 Å². The van der Waals surface area contributed by atoms with Gasteiger partial charge >= 0.3 is 0 Å². The average molecular weight is 394 g/mol. The molecular weight excluding hydrogens is 364 g/mol. The molecule has 28 heavy (non-hydrogen) atoms. The van der Waals surface area contributed by atoms with Gasteiger partial charge in [-0.2, -0.15) is 0 Å². The van der Waals surface area contributed by atoms with Crippen molar-refractivity contribution < 1.29 is 34.7 Å². The van der Waals surface area contributed by atoms with Crippen LogP contribution in [0.3, 0.4) is 0 Å². The maximum absolute atomic E-state index is 12.7. The first kappa shape index (κ1) is 21.4. The minimum absolute atomic E-state index is 0.163. The highest BCUT2D eigenvalue weighted by atomic mass is 16.7. The summed E-state index contributed by atoms with van der Waals surface area (Å²) < 4.78 is 11.0. The van der Waals surface area contributed by atoms with E-state index in [-0.39, 0.29) is 17.8 Å². The van der Waals surface area contributed by atoms with Crippen LogP contribution in [0, 0.1) is 19.3 Å². The van der Waals surface area contributed by atoms with Crippen molar-refractivity contribution in [2.75, 3.05) is 13.2 Å². The highest BCUT2D eigenvalue weighted by Gasteiger charge is 2.44. The Morgan fingerprint density at radius 1 is 1.18 bits per heavy atom. The number of Topliss-reactive ketones (excluding diaryl/α,β-unsaturated/α-hetero) is 1. The van der Waals surface area contributed by atoms with E-state index >= 15 is 0 Å². The minimum Gasteiger partial charge on any atom is -0.394 e. The number of hydrogen-bond donors (Lipinski definition) is 4. The number of aryl methyl sites for hydroxylation is 1. The molecule has 1 aromatic carbocycles. The summed E-state index contributed by atoms with van der Waals surface area (Å²) in [4.78, 5) is 12.7. The van der Waals surface area contributed by atoms with Crippen LogP contribution < -0.4 is 0 Å². The van der Waals surface area contributed by atoms with E-state index in [1.54, 1.807) is 0 Å². The number of aliphatic hydroxyl groups is 4. The Kier molecular flexibility index (Phi) is 5.96. The van der Waals surface area contributed by atoms with Gasteiger partial charge in [-0.25, -0.2) is 0 Å². The second-order valence-corrected chi connectivity index (χ2v) is 8.54. The van der Waals surface area contributed by atoms with Crippen LogP contribution in [0.2, 0.25) is 0 Å². The molecule has 0 unspecified atom stereocenters. The lowest BCUT2D eigenvalue weighted by Gasteiger charge is -2.39. The largest absolute Gasteiger partial charge is 0.394 e. The Labute approximate surface area is 164 Å². The Morgan fingerprint density at radius 2 is 1.86 bits per heavy atom. The van der Waals surface area contributed by atoms with E-state index in [2.05, 4.69) is 6.07 Å². The van der Waals surface area contributed by atoms with E-state index in [1.165, 1.54) is 0 Å². The molecule has 1 saturated heterocycles. The van der Waals surface area contributed by atoms with Crippen molar-refractivity contribution in [3.63, 3.8) is 0 Å². The van der Waals surface area contributed by atoms with Gasteiger partial charge in [-0.15, -0.1) is 0 Å². The Bertz CT molecular complexity index is 756. The summed E-state index contributed by atoms with van der Waals surface area (Å²) in [6.45, 7) is 7.59. The van der Waals surface area contributed by atoms with Crippen molar-refractivity contribution >= 4 is 5.78 Å². The summed E-state index contributed by atoms with van der Waals surface area (Å²) in [7, 11) is 0. The molecule has 1 aromatic rings. The molecule has 0 aromatic heterocycles. The van der Waals surface area contributed by atoms with Crippen molar-refractivity contribution in [1.82, 2.24) is 0 Å². The molecule has 1 aliphatic carbocycles. The van der Waals surface area contributed by atoms with Gasteiger partial charge in [0.15, 0.2) is 12.1 Å². The number of aliphatic hydroxyl groups excluding tert-OH is 4. The lowest BCUT2D eigenvalue weighted by molar-refractivity contribution is -0.300. The van der Waals surface area contributed by atoms with Crippen LogP contribution in [0.5, 0.6) is 0 Å². The quantitative estimate of drug-likeness (QED) is 0.572. The number of carbonyl (C=O) groups is 1. The van der Waals surface area contributed by atoms with E-state index in [1.807, 2.05) is 27.7 Å². The number of ether oxygens (including phenoxy) is 2. The van der Waals surface area contributed by atoms with Crippen molar-refractivity contribution in [3.05, 3.63) is 33.9 Å². The van der Waals surface area contributed by atoms with Gasteiger partial charge in [0.05, 0.1) is 13.2 Å². The molecule has 4 N–H and O–H groups in total. The van der Waals surface area contributed by atoms with Crippen molar-refractivity contribution in [2.45, 2.75) is 71.2 Å². The standard InChI is InChI=1S/C21H30O7/c1-10-7-12-8-21(3,4)19(26)15(12)11(2)13(10)5-6-27-20-18(25)17(24)16(23)14(9-22)28-20/h7,14,16-18,20,22-25H,5-6,8-9H2,1-4H3/t14-,16-,17+,18-,20-/m1/s1. The number of carbonyl (C=O) groups excluding carboxylic acids is 1. The summed E-state index contributed by atoms with van der Waals surface area (Å²) in [5.74, 6) is 0.163. The number of benzene rings is 1. The van der Waals surface area contributed by atoms with E-state index in [0.29, 0.717) is 6.42 Å². The minimum atomic E-state index is -1.46. The van der Waals surface area contributed by atoms with Gasteiger partial charge in [0.2, 0.25) is 0 Å². The summed E-state index contributed by atoms with van der Waals surface area (Å²) in [5.41, 5.74) is 4.57.